The first-order valence-corrected chi connectivity index (χ1v) is 12.3. The van der Waals surface area contributed by atoms with Crippen molar-refractivity contribution in [3.05, 3.63) is 0 Å². The maximum Gasteiger partial charge on any atom is 0.425 e. The molecule has 0 aliphatic rings. The lowest BCUT2D eigenvalue weighted by Crippen LogP contribution is -2.35. The Labute approximate surface area is 189 Å². The number of nitrogens with zero attached hydrogens (tertiary/aromatic N) is 1. The van der Waals surface area contributed by atoms with Gasteiger partial charge in [0, 0.05) is 19.5 Å². The highest BCUT2D eigenvalue weighted by Crippen LogP contribution is 2.14. The molecule has 0 aliphatic heterocycles. The van der Waals surface area contributed by atoms with Gasteiger partial charge in [0.2, 0.25) is 0 Å². The maximum atomic E-state index is 11.6. The van der Waals surface area contributed by atoms with Crippen LogP contribution in [0, 0.1) is 5.92 Å². The molecule has 0 aliphatic carbocycles. The Morgan fingerprint density at radius 2 is 1.26 bits per heavy atom. The van der Waals surface area contributed by atoms with Crippen molar-refractivity contribution in [2.75, 3.05) is 19.7 Å². The van der Waals surface area contributed by atoms with Crippen molar-refractivity contribution in [2.24, 2.45) is 11.8 Å². The quantitative estimate of drug-likeness (QED) is 0.0757. The van der Waals surface area contributed by atoms with Gasteiger partial charge in [-0.2, -0.15) is 0 Å². The third-order valence-electron chi connectivity index (χ3n) is 5.30. The predicted octanol–water partition coefficient (Wildman–Crippen LogP) is 4.91. The molecule has 0 spiro atoms. The number of ether oxygens (including phenoxy) is 2. The molecule has 0 saturated heterocycles. The molecule has 31 heavy (non-hydrogen) atoms. The number of hydrogen-bond acceptors (Lipinski definition) is 7. The van der Waals surface area contributed by atoms with Gasteiger partial charge in [-0.15, -0.1) is 0 Å². The van der Waals surface area contributed by atoms with Gasteiger partial charge in [-0.25, -0.2) is 14.6 Å². The summed E-state index contributed by atoms with van der Waals surface area (Å²) in [7, 11) is 0. The fraction of sp³-hybridized carbons (Fsp3) is 0.875. The second-order valence-corrected chi connectivity index (χ2v) is 8.70. The molecule has 0 fully saturated rings. The predicted molar refractivity (Wildman–Crippen MR) is 123 cm³/mol. The van der Waals surface area contributed by atoms with E-state index in [1.165, 1.54) is 69.2 Å². The van der Waals surface area contributed by atoms with Crippen molar-refractivity contribution in [3.63, 3.8) is 0 Å². The summed E-state index contributed by atoms with van der Waals surface area (Å²) in [6.07, 6.45) is 16.0. The minimum Gasteiger partial charge on any atom is -0.456 e. The summed E-state index contributed by atoms with van der Waals surface area (Å²) in [4.78, 5) is 34.6. The molecular weight excluding hydrogens is 396 g/mol. The second kappa shape index (κ2) is 20.4. The van der Waals surface area contributed by atoms with Gasteiger partial charge < -0.3 is 9.47 Å². The summed E-state index contributed by atoms with van der Waals surface area (Å²) in [5, 5.41) is 1.44. The summed E-state index contributed by atoms with van der Waals surface area (Å²) in [5.41, 5.74) is 0. The van der Waals surface area contributed by atoms with Gasteiger partial charge in [0.15, 0.2) is 0 Å². The van der Waals surface area contributed by atoms with Crippen LogP contribution in [0.5, 0.6) is 0 Å². The lowest BCUT2D eigenvalue weighted by molar-refractivity contribution is -0.173. The van der Waals surface area contributed by atoms with Crippen LogP contribution in [0.3, 0.4) is 0 Å². The molecule has 7 heteroatoms. The molecule has 0 heterocycles. The number of unbranched alkanes of at least 4 members (excludes halogenated alkanes) is 11. The first-order chi connectivity index (χ1) is 14.9. The molecule has 0 saturated carbocycles. The molecule has 0 rings (SSSR count). The van der Waals surface area contributed by atoms with E-state index < -0.39 is 17.9 Å². The summed E-state index contributed by atoms with van der Waals surface area (Å²) < 4.78 is 9.24. The fourth-order valence-corrected chi connectivity index (χ4v) is 3.26. The Bertz CT molecular complexity index is 483. The number of carbonyl (C=O) groups excluding carboxylic acids is 3. The first kappa shape index (κ1) is 29.5. The van der Waals surface area contributed by atoms with Gasteiger partial charge in [-0.05, 0) is 12.3 Å². The number of esters is 3. The number of hydrogen-bond donors (Lipinski definition) is 1. The van der Waals surface area contributed by atoms with E-state index in [-0.39, 0.29) is 13.0 Å². The van der Waals surface area contributed by atoms with Crippen molar-refractivity contribution in [2.45, 2.75) is 111 Å². The molecule has 182 valence electrons. The third kappa shape index (κ3) is 20.2. The van der Waals surface area contributed by atoms with E-state index in [4.69, 9.17) is 10.6 Å². The van der Waals surface area contributed by atoms with Crippen LogP contribution in [0.2, 0.25) is 0 Å². The Balaban J connectivity index is 3.45. The molecule has 0 radical (unpaired) electrons. The summed E-state index contributed by atoms with van der Waals surface area (Å²) in [5.74, 6) is 3.27. The SMILES string of the molecule is CCN(N)CCOC(=O)C(=O)OC(=O)CCCCCCCCCCCCCCC(C)C. The van der Waals surface area contributed by atoms with Crippen molar-refractivity contribution in [1.29, 1.82) is 0 Å². The van der Waals surface area contributed by atoms with Crippen molar-refractivity contribution in [3.8, 4) is 0 Å². The first-order valence-electron chi connectivity index (χ1n) is 12.3. The van der Waals surface area contributed by atoms with Crippen LogP contribution in [-0.2, 0) is 23.9 Å². The van der Waals surface area contributed by atoms with Gasteiger partial charge in [-0.1, -0.05) is 97.8 Å². The van der Waals surface area contributed by atoms with Crippen LogP contribution < -0.4 is 5.84 Å². The van der Waals surface area contributed by atoms with Gasteiger partial charge in [-0.3, -0.25) is 10.6 Å². The molecule has 0 bridgehead atoms. The summed E-state index contributed by atoms with van der Waals surface area (Å²) >= 11 is 0. The largest absolute Gasteiger partial charge is 0.456 e. The minimum absolute atomic E-state index is 0.0231. The minimum atomic E-state index is -1.26. The summed E-state index contributed by atoms with van der Waals surface area (Å²) in [6.45, 7) is 7.31. The summed E-state index contributed by atoms with van der Waals surface area (Å²) in [6, 6.07) is 0. The normalized spacial score (nSPS) is 11.2. The standard InChI is InChI=1S/C24H46N2O5/c1-4-26(25)19-20-30-23(28)24(29)31-22(27)18-16-14-12-10-8-6-5-7-9-11-13-15-17-21(2)3/h21H,4-20,25H2,1-3H3. The molecular formula is C24H46N2O5. The number of carbonyl (C=O) groups is 3. The van der Waals surface area contributed by atoms with Gasteiger partial charge in [0.1, 0.15) is 6.61 Å². The average molecular weight is 443 g/mol. The maximum absolute atomic E-state index is 11.6. The Kier molecular flexibility index (Phi) is 19.5. The zero-order valence-corrected chi connectivity index (χ0v) is 20.2. The Hall–Kier alpha value is -1.47. The highest BCUT2D eigenvalue weighted by molar-refractivity contribution is 6.31. The van der Waals surface area contributed by atoms with E-state index in [1.807, 2.05) is 6.92 Å². The number of likely N-dealkylation sites (N-methyl/N-ethyl adjacent to an activating group) is 1. The molecule has 0 aromatic heterocycles. The van der Waals surface area contributed by atoms with Crippen LogP contribution in [0.25, 0.3) is 0 Å². The van der Waals surface area contributed by atoms with Crippen LogP contribution in [0.4, 0.5) is 0 Å². The fourth-order valence-electron chi connectivity index (χ4n) is 3.26. The van der Waals surface area contributed by atoms with Gasteiger partial charge in [0.05, 0.1) is 0 Å². The molecule has 2 N–H and O–H groups in total. The van der Waals surface area contributed by atoms with Gasteiger partial charge in [0.25, 0.3) is 0 Å². The van der Waals surface area contributed by atoms with E-state index >= 15 is 0 Å². The molecule has 0 amide bonds. The van der Waals surface area contributed by atoms with Crippen LogP contribution in [-0.4, -0.2) is 42.6 Å². The van der Waals surface area contributed by atoms with Gasteiger partial charge >= 0.3 is 17.9 Å². The zero-order chi connectivity index (χ0) is 23.3. The van der Waals surface area contributed by atoms with Crippen molar-refractivity contribution in [1.82, 2.24) is 5.01 Å². The van der Waals surface area contributed by atoms with Crippen LogP contribution in [0.1, 0.15) is 111 Å². The monoisotopic (exact) mass is 442 g/mol. The number of hydrazine groups is 1. The highest BCUT2D eigenvalue weighted by atomic mass is 16.6. The number of nitrogens with two attached hydrogens (primary N) is 1. The zero-order valence-electron chi connectivity index (χ0n) is 20.2. The van der Waals surface area contributed by atoms with E-state index in [9.17, 15) is 14.4 Å². The van der Waals surface area contributed by atoms with E-state index in [0.717, 1.165) is 18.8 Å². The Morgan fingerprint density at radius 3 is 1.74 bits per heavy atom. The lowest BCUT2D eigenvalue weighted by atomic mass is 10.0. The van der Waals surface area contributed by atoms with Crippen LogP contribution >= 0.6 is 0 Å². The van der Waals surface area contributed by atoms with Crippen molar-refractivity contribution >= 4 is 17.9 Å². The molecule has 0 aromatic carbocycles. The van der Waals surface area contributed by atoms with E-state index in [1.54, 1.807) is 0 Å². The molecule has 0 aromatic rings. The lowest BCUT2D eigenvalue weighted by Gasteiger charge is -2.12. The third-order valence-corrected chi connectivity index (χ3v) is 5.30. The van der Waals surface area contributed by atoms with Crippen molar-refractivity contribution < 1.29 is 23.9 Å². The number of rotatable bonds is 19. The van der Waals surface area contributed by atoms with Crippen LogP contribution in [0.15, 0.2) is 0 Å². The second-order valence-electron chi connectivity index (χ2n) is 8.70. The smallest absolute Gasteiger partial charge is 0.425 e. The molecule has 7 nitrogen and oxygen atoms in total. The molecule has 0 atom stereocenters. The average Bonchev–Trinajstić information content (AvgIpc) is 2.73. The van der Waals surface area contributed by atoms with E-state index in [2.05, 4.69) is 18.6 Å². The topological polar surface area (TPSA) is 98.9 Å². The molecule has 0 unspecified atom stereocenters. The van der Waals surface area contributed by atoms with E-state index in [0.29, 0.717) is 19.5 Å². The highest BCUT2D eigenvalue weighted by Gasteiger charge is 2.21. The Morgan fingerprint density at radius 1 is 0.774 bits per heavy atom.